The minimum atomic E-state index is 0.272. The molecule has 8 heteroatoms. The number of nitrogens with two attached hydrogens (primary N) is 1. The first kappa shape index (κ1) is 31.9. The van der Waals surface area contributed by atoms with E-state index in [0.717, 1.165) is 77.1 Å². The quantitative estimate of drug-likeness (QED) is 0.120. The van der Waals surface area contributed by atoms with E-state index >= 15 is 0 Å². The van der Waals surface area contributed by atoms with Gasteiger partial charge < -0.3 is 25.7 Å². The molecule has 0 bridgehead atoms. The van der Waals surface area contributed by atoms with Crippen LogP contribution in [-0.4, -0.2) is 33.2 Å². The Labute approximate surface area is 249 Å². The van der Waals surface area contributed by atoms with Crippen LogP contribution >= 0.6 is 0 Å². The molecule has 2 aromatic carbocycles. The van der Waals surface area contributed by atoms with E-state index in [1.807, 2.05) is 24.4 Å². The number of anilines is 2. The monoisotopic (exact) mass is 565 g/mol. The molecule has 0 spiro atoms. The summed E-state index contributed by atoms with van der Waals surface area (Å²) in [6.45, 7) is 9.36. The van der Waals surface area contributed by atoms with E-state index < -0.39 is 0 Å². The molecule has 5 rings (SSSR count). The Bertz CT molecular complexity index is 1560. The molecule has 220 valence electrons. The fraction of sp³-hybridized carbons (Fsp3) is 0.324. The van der Waals surface area contributed by atoms with Gasteiger partial charge in [-0.2, -0.15) is 4.98 Å². The first-order chi connectivity index (χ1) is 20.6. The third-order valence-corrected chi connectivity index (χ3v) is 6.50. The van der Waals surface area contributed by atoms with Crippen molar-refractivity contribution in [2.24, 2.45) is 0 Å². The van der Waals surface area contributed by atoms with Gasteiger partial charge in [-0.15, -0.1) is 12.8 Å². The highest BCUT2D eigenvalue weighted by molar-refractivity contribution is 6.09. The van der Waals surface area contributed by atoms with Gasteiger partial charge in [-0.3, -0.25) is 4.98 Å². The van der Waals surface area contributed by atoms with Crippen LogP contribution in [0.5, 0.6) is 5.75 Å². The first-order valence-corrected chi connectivity index (χ1v) is 14.5. The van der Waals surface area contributed by atoms with Crippen LogP contribution < -0.4 is 21.1 Å². The van der Waals surface area contributed by atoms with Crippen molar-refractivity contribution in [1.29, 1.82) is 0 Å². The fourth-order valence-electron chi connectivity index (χ4n) is 4.71. The molecule has 42 heavy (non-hydrogen) atoms. The summed E-state index contributed by atoms with van der Waals surface area (Å²) in [6, 6.07) is 18.7. The number of ether oxygens (including phenoxy) is 1. The average Bonchev–Trinajstić information content (AvgIpc) is 3.32. The second kappa shape index (κ2) is 16.6. The number of aromatic nitrogens is 4. The lowest BCUT2D eigenvalue weighted by molar-refractivity contribution is 0.408. The number of nitrogens with zero attached hydrogens (tertiary/aromatic N) is 4. The van der Waals surface area contributed by atoms with Crippen molar-refractivity contribution in [3.63, 3.8) is 0 Å². The van der Waals surface area contributed by atoms with Crippen molar-refractivity contribution in [2.75, 3.05) is 24.7 Å². The summed E-state index contributed by atoms with van der Waals surface area (Å²) in [5.74, 6) is 1.88. The summed E-state index contributed by atoms with van der Waals surface area (Å²) < 4.78 is 8.03. The summed E-state index contributed by atoms with van der Waals surface area (Å²) >= 11 is 0. The van der Waals surface area contributed by atoms with E-state index in [1.54, 1.807) is 13.3 Å². The van der Waals surface area contributed by atoms with Gasteiger partial charge in [0.2, 0.25) is 5.95 Å². The van der Waals surface area contributed by atoms with Crippen LogP contribution in [0.25, 0.3) is 21.9 Å². The number of hydrogen-bond acceptors (Lipinski definition) is 7. The highest BCUT2D eigenvalue weighted by Crippen LogP contribution is 2.34. The number of methoxy groups -OCH3 is 1. The molecule has 0 aliphatic rings. The highest BCUT2D eigenvalue weighted by Gasteiger charge is 2.19. The molecule has 0 radical (unpaired) electrons. The molecule has 0 aliphatic heterocycles. The number of nitrogen functional groups attached to an aromatic ring is 1. The largest absolute Gasteiger partial charge is 0.496 e. The van der Waals surface area contributed by atoms with Crippen LogP contribution in [0.1, 0.15) is 56.7 Å². The molecular formula is C34H43N7O. The number of unbranched alkanes of at least 4 members (excludes halogenated alkanes) is 1. The van der Waals surface area contributed by atoms with Crippen molar-refractivity contribution in [3.8, 4) is 18.6 Å². The second-order valence-corrected chi connectivity index (χ2v) is 9.83. The number of nitrogens with one attached hydrogen (secondary N) is 2. The number of hydrogen-bond donors (Lipinski definition) is 3. The van der Waals surface area contributed by atoms with Crippen LogP contribution in [0, 0.1) is 12.8 Å². The minimum Gasteiger partial charge on any atom is -0.496 e. The van der Waals surface area contributed by atoms with Gasteiger partial charge >= 0.3 is 0 Å². The summed E-state index contributed by atoms with van der Waals surface area (Å²) in [7, 11) is 1.71. The Hall–Kier alpha value is -4.61. The molecule has 0 fully saturated rings. The van der Waals surface area contributed by atoms with Gasteiger partial charge in [-0.1, -0.05) is 63.9 Å². The zero-order chi connectivity index (χ0) is 30.3. The number of pyridine rings is 1. The summed E-state index contributed by atoms with van der Waals surface area (Å²) in [5.41, 5.74) is 12.4. The Kier molecular flexibility index (Phi) is 12.6. The van der Waals surface area contributed by atoms with E-state index in [9.17, 15) is 0 Å². The van der Waals surface area contributed by atoms with Crippen LogP contribution in [0.3, 0.4) is 0 Å². The van der Waals surface area contributed by atoms with E-state index in [4.69, 9.17) is 10.5 Å². The average molecular weight is 566 g/mol. The lowest BCUT2D eigenvalue weighted by Crippen LogP contribution is -2.13. The second-order valence-electron chi connectivity index (χ2n) is 9.83. The van der Waals surface area contributed by atoms with Gasteiger partial charge in [-0.05, 0) is 41.8 Å². The molecule has 5 aromatic rings. The molecule has 8 nitrogen and oxygen atoms in total. The molecule has 3 aromatic heterocycles. The lowest BCUT2D eigenvalue weighted by Gasteiger charge is -2.15. The van der Waals surface area contributed by atoms with Crippen molar-refractivity contribution in [3.05, 3.63) is 83.7 Å². The Morgan fingerprint density at radius 2 is 1.71 bits per heavy atom. The summed E-state index contributed by atoms with van der Waals surface area (Å²) in [6.07, 6.45) is 15.1. The molecule has 0 saturated carbocycles. The third-order valence-electron chi connectivity index (χ3n) is 6.50. The first-order valence-electron chi connectivity index (χ1n) is 14.5. The highest BCUT2D eigenvalue weighted by atomic mass is 16.5. The van der Waals surface area contributed by atoms with Crippen molar-refractivity contribution in [2.45, 2.75) is 59.7 Å². The lowest BCUT2D eigenvalue weighted by atomic mass is 10.1. The number of para-hydroxylation sites is 1. The van der Waals surface area contributed by atoms with Crippen molar-refractivity contribution in [1.82, 2.24) is 24.8 Å². The molecule has 0 atom stereocenters. The number of rotatable bonds is 11. The van der Waals surface area contributed by atoms with Crippen LogP contribution in [0.15, 0.2) is 67.0 Å². The van der Waals surface area contributed by atoms with E-state index in [2.05, 4.69) is 100 Å². The van der Waals surface area contributed by atoms with Crippen molar-refractivity contribution < 1.29 is 4.74 Å². The Morgan fingerprint density at radius 1 is 0.952 bits per heavy atom. The fourth-order valence-corrected chi connectivity index (χ4v) is 4.71. The molecule has 4 N–H and O–H groups in total. The SMILES string of the molecule is C#C.CCC.CCCCNc1nc(N)nc2c3ccccc3n(Cc3cc(CNCc4cccnc4)ccc3OC)c12. The summed E-state index contributed by atoms with van der Waals surface area (Å²) in [4.78, 5) is 13.4. The van der Waals surface area contributed by atoms with Gasteiger partial charge in [0.25, 0.3) is 0 Å². The zero-order valence-electron chi connectivity index (χ0n) is 25.2. The maximum Gasteiger partial charge on any atom is 0.222 e. The predicted octanol–water partition coefficient (Wildman–Crippen LogP) is 6.79. The standard InChI is InChI=1S/C29H33N7O.C3H8.C2H2/c1-3-4-14-33-28-27-26(34-29(30)35-28)23-9-5-6-10-24(23)36(27)19-22-15-20(11-12-25(22)37-2)16-32-18-21-8-7-13-31-17-21;1-3-2;1-2/h5-13,15,17,32H,3-4,14,16,18-19H2,1-2H3,(H3,30,33,34,35);3H2,1-2H3;1-2H. The van der Waals surface area contributed by atoms with Crippen LogP contribution in [0.4, 0.5) is 11.8 Å². The Morgan fingerprint density at radius 3 is 2.43 bits per heavy atom. The number of benzene rings is 2. The number of terminal acetylenes is 1. The van der Waals surface area contributed by atoms with E-state index in [1.165, 1.54) is 12.0 Å². The smallest absolute Gasteiger partial charge is 0.222 e. The van der Waals surface area contributed by atoms with Gasteiger partial charge in [0.1, 0.15) is 16.8 Å². The number of fused-ring (bicyclic) bond motifs is 3. The molecule has 0 unspecified atom stereocenters. The van der Waals surface area contributed by atoms with Crippen LogP contribution in [-0.2, 0) is 19.6 Å². The molecule has 0 aliphatic carbocycles. The Balaban J connectivity index is 0.000000910. The molecule has 0 amide bonds. The molecular weight excluding hydrogens is 522 g/mol. The summed E-state index contributed by atoms with van der Waals surface area (Å²) in [5, 5.41) is 8.07. The van der Waals surface area contributed by atoms with Crippen molar-refractivity contribution >= 4 is 33.7 Å². The minimum absolute atomic E-state index is 0.272. The van der Waals surface area contributed by atoms with Gasteiger partial charge in [0, 0.05) is 43.0 Å². The topological polar surface area (TPSA) is 103 Å². The van der Waals surface area contributed by atoms with Gasteiger partial charge in [0.15, 0.2) is 5.82 Å². The van der Waals surface area contributed by atoms with E-state index in [-0.39, 0.29) is 5.95 Å². The molecule has 0 saturated heterocycles. The third kappa shape index (κ3) is 7.99. The maximum atomic E-state index is 6.13. The molecule has 3 heterocycles. The maximum absolute atomic E-state index is 6.13. The van der Waals surface area contributed by atoms with E-state index in [0.29, 0.717) is 6.54 Å². The normalized spacial score (nSPS) is 10.4. The zero-order valence-corrected chi connectivity index (χ0v) is 25.2. The van der Waals surface area contributed by atoms with Gasteiger partial charge in [0.05, 0.1) is 19.2 Å². The van der Waals surface area contributed by atoms with Crippen LogP contribution in [0.2, 0.25) is 0 Å². The predicted molar refractivity (Wildman–Crippen MR) is 176 cm³/mol. The van der Waals surface area contributed by atoms with Gasteiger partial charge in [-0.25, -0.2) is 4.98 Å².